The van der Waals surface area contributed by atoms with Crippen molar-refractivity contribution < 1.29 is 24.2 Å². The molecule has 2 heterocycles. The Hall–Kier alpha value is -2.28. The van der Waals surface area contributed by atoms with E-state index in [9.17, 15) is 14.7 Å². The third kappa shape index (κ3) is 2.78. The van der Waals surface area contributed by atoms with E-state index in [4.69, 9.17) is 9.47 Å². The molecule has 2 aliphatic rings. The van der Waals surface area contributed by atoms with E-state index >= 15 is 0 Å². The van der Waals surface area contributed by atoms with Crippen molar-refractivity contribution in [2.45, 2.75) is 0 Å². The van der Waals surface area contributed by atoms with Gasteiger partial charge in [0.05, 0.1) is 18.9 Å². The van der Waals surface area contributed by atoms with Crippen molar-refractivity contribution in [1.29, 1.82) is 0 Å². The van der Waals surface area contributed by atoms with Crippen LogP contribution >= 0.6 is 0 Å². The molecule has 2 amide bonds. The molecule has 1 N–H and O–H groups in total. The van der Waals surface area contributed by atoms with Gasteiger partial charge in [0.15, 0.2) is 6.61 Å². The topological polar surface area (TPSA) is 79.3 Å². The Morgan fingerprint density at radius 1 is 1.29 bits per heavy atom. The molecule has 1 aromatic rings. The first kappa shape index (κ1) is 13.7. The van der Waals surface area contributed by atoms with Gasteiger partial charge in [-0.25, -0.2) is 0 Å². The van der Waals surface area contributed by atoms with Gasteiger partial charge < -0.3 is 19.5 Å². The number of hydrogen-bond donors (Lipinski definition) is 1. The second kappa shape index (κ2) is 5.61. The summed E-state index contributed by atoms with van der Waals surface area (Å²) >= 11 is 0. The monoisotopic (exact) mass is 292 g/mol. The summed E-state index contributed by atoms with van der Waals surface area (Å²) in [6.07, 6.45) is 0. The third-order valence-corrected chi connectivity index (χ3v) is 3.54. The number of phenols is 1. The van der Waals surface area contributed by atoms with E-state index in [0.717, 1.165) is 0 Å². The molecule has 7 heteroatoms. The molecule has 0 spiro atoms. The van der Waals surface area contributed by atoms with Crippen molar-refractivity contribution in [1.82, 2.24) is 4.90 Å². The van der Waals surface area contributed by atoms with Gasteiger partial charge in [0.2, 0.25) is 5.91 Å². The number of fused-ring (bicyclic) bond motifs is 1. The highest BCUT2D eigenvalue weighted by molar-refractivity contribution is 6.02. The van der Waals surface area contributed by atoms with Crippen LogP contribution in [0, 0.1) is 0 Å². The highest BCUT2D eigenvalue weighted by Gasteiger charge is 2.29. The quantitative estimate of drug-likeness (QED) is 0.828. The van der Waals surface area contributed by atoms with Crippen LogP contribution in [0.5, 0.6) is 11.5 Å². The smallest absolute Gasteiger partial charge is 0.265 e. The highest BCUT2D eigenvalue weighted by atomic mass is 16.5. The molecule has 0 saturated carbocycles. The molecule has 0 unspecified atom stereocenters. The van der Waals surface area contributed by atoms with Gasteiger partial charge in [-0.3, -0.25) is 14.5 Å². The first-order valence-corrected chi connectivity index (χ1v) is 6.77. The van der Waals surface area contributed by atoms with E-state index in [1.165, 1.54) is 17.0 Å². The van der Waals surface area contributed by atoms with E-state index in [-0.39, 0.29) is 30.7 Å². The van der Waals surface area contributed by atoms with E-state index in [1.54, 1.807) is 11.0 Å². The van der Waals surface area contributed by atoms with Crippen LogP contribution in [-0.2, 0) is 14.3 Å². The van der Waals surface area contributed by atoms with Crippen molar-refractivity contribution in [3.05, 3.63) is 18.2 Å². The van der Waals surface area contributed by atoms with Gasteiger partial charge in [0.1, 0.15) is 18.0 Å². The first-order chi connectivity index (χ1) is 10.1. The zero-order valence-corrected chi connectivity index (χ0v) is 11.4. The number of carbonyl (C=O) groups excluding carboxylic acids is 2. The molecule has 2 aliphatic heterocycles. The van der Waals surface area contributed by atoms with E-state index < -0.39 is 0 Å². The van der Waals surface area contributed by atoms with Crippen molar-refractivity contribution in [3.8, 4) is 11.5 Å². The van der Waals surface area contributed by atoms with Gasteiger partial charge in [-0.05, 0) is 12.1 Å². The number of hydrogen-bond acceptors (Lipinski definition) is 5. The van der Waals surface area contributed by atoms with Gasteiger partial charge in [-0.1, -0.05) is 0 Å². The maximum atomic E-state index is 12.3. The van der Waals surface area contributed by atoms with Crippen molar-refractivity contribution in [2.24, 2.45) is 0 Å². The summed E-state index contributed by atoms with van der Waals surface area (Å²) in [5.41, 5.74) is 0.424. The minimum Gasteiger partial charge on any atom is -0.508 e. The fourth-order valence-corrected chi connectivity index (χ4v) is 2.41. The predicted molar refractivity (Wildman–Crippen MR) is 73.4 cm³/mol. The fourth-order valence-electron chi connectivity index (χ4n) is 2.41. The van der Waals surface area contributed by atoms with Gasteiger partial charge in [0, 0.05) is 19.2 Å². The summed E-state index contributed by atoms with van der Waals surface area (Å²) in [7, 11) is 0. The second-order valence-corrected chi connectivity index (χ2v) is 4.91. The van der Waals surface area contributed by atoms with E-state index in [2.05, 4.69) is 0 Å². The Morgan fingerprint density at radius 2 is 2.05 bits per heavy atom. The zero-order chi connectivity index (χ0) is 14.8. The normalized spacial score (nSPS) is 18.2. The van der Waals surface area contributed by atoms with Crippen LogP contribution in [0.4, 0.5) is 5.69 Å². The standard InChI is InChI=1S/C14H16N2O5/c17-10-1-2-12-11(7-10)16(14(19)9-21-12)8-13(18)15-3-5-20-6-4-15/h1-2,7,17H,3-6,8-9H2. The molecule has 21 heavy (non-hydrogen) atoms. The minimum atomic E-state index is -0.297. The number of carbonyl (C=O) groups is 2. The predicted octanol–water partition coefficient (Wildman–Crippen LogP) is -0.0236. The highest BCUT2D eigenvalue weighted by Crippen LogP contribution is 2.34. The van der Waals surface area contributed by atoms with E-state index in [1.807, 2.05) is 0 Å². The summed E-state index contributed by atoms with van der Waals surface area (Å²) < 4.78 is 10.5. The molecule has 7 nitrogen and oxygen atoms in total. The molecule has 0 aliphatic carbocycles. The molecule has 1 aromatic carbocycles. The summed E-state index contributed by atoms with van der Waals surface area (Å²) in [5, 5.41) is 9.57. The molecule has 1 saturated heterocycles. The van der Waals surface area contributed by atoms with Crippen LogP contribution in [-0.4, -0.2) is 61.3 Å². The largest absolute Gasteiger partial charge is 0.508 e. The Balaban J connectivity index is 1.79. The van der Waals surface area contributed by atoms with Crippen molar-refractivity contribution in [3.63, 3.8) is 0 Å². The summed E-state index contributed by atoms with van der Waals surface area (Å²) in [6.45, 7) is 1.93. The number of benzene rings is 1. The number of amides is 2. The lowest BCUT2D eigenvalue weighted by atomic mass is 10.2. The zero-order valence-electron chi connectivity index (χ0n) is 11.4. The molecule has 1 fully saturated rings. The molecule has 0 radical (unpaired) electrons. The van der Waals surface area contributed by atoms with Crippen LogP contribution < -0.4 is 9.64 Å². The lowest BCUT2D eigenvalue weighted by Gasteiger charge is -2.32. The number of ether oxygens (including phenoxy) is 2. The molecular formula is C14H16N2O5. The van der Waals surface area contributed by atoms with Crippen LogP contribution in [0.25, 0.3) is 0 Å². The molecule has 3 rings (SSSR count). The SMILES string of the molecule is O=C(CN1C(=O)COc2ccc(O)cc21)N1CCOCC1. The average Bonchev–Trinajstić information content (AvgIpc) is 2.51. The van der Waals surface area contributed by atoms with Gasteiger partial charge in [-0.15, -0.1) is 0 Å². The van der Waals surface area contributed by atoms with Crippen molar-refractivity contribution >= 4 is 17.5 Å². The number of nitrogens with zero attached hydrogens (tertiary/aromatic N) is 2. The number of anilines is 1. The number of phenolic OH excluding ortho intramolecular Hbond substituents is 1. The van der Waals surface area contributed by atoms with E-state index in [0.29, 0.717) is 37.7 Å². The maximum Gasteiger partial charge on any atom is 0.265 e. The Morgan fingerprint density at radius 3 is 2.81 bits per heavy atom. The first-order valence-electron chi connectivity index (χ1n) is 6.77. The lowest BCUT2D eigenvalue weighted by molar-refractivity contribution is -0.135. The lowest BCUT2D eigenvalue weighted by Crippen LogP contribution is -2.49. The van der Waals surface area contributed by atoms with Crippen LogP contribution in [0.2, 0.25) is 0 Å². The molecular weight excluding hydrogens is 276 g/mol. The Bertz CT molecular complexity index is 568. The van der Waals surface area contributed by atoms with Gasteiger partial charge in [0.25, 0.3) is 5.91 Å². The molecule has 0 aromatic heterocycles. The summed E-state index contributed by atoms with van der Waals surface area (Å²) in [5.74, 6) is 0.0793. The molecule has 112 valence electrons. The Kier molecular flexibility index (Phi) is 3.66. The molecule has 0 bridgehead atoms. The average molecular weight is 292 g/mol. The summed E-state index contributed by atoms with van der Waals surface area (Å²) in [6, 6.07) is 4.50. The second-order valence-electron chi connectivity index (χ2n) is 4.91. The van der Waals surface area contributed by atoms with Gasteiger partial charge in [-0.2, -0.15) is 0 Å². The summed E-state index contributed by atoms with van der Waals surface area (Å²) in [4.78, 5) is 27.3. The minimum absolute atomic E-state index is 0.0240. The van der Waals surface area contributed by atoms with Crippen LogP contribution in [0.1, 0.15) is 0 Å². The number of aromatic hydroxyl groups is 1. The number of rotatable bonds is 2. The van der Waals surface area contributed by atoms with Gasteiger partial charge >= 0.3 is 0 Å². The van der Waals surface area contributed by atoms with Crippen LogP contribution in [0.15, 0.2) is 18.2 Å². The fraction of sp³-hybridized carbons (Fsp3) is 0.429. The van der Waals surface area contributed by atoms with Crippen LogP contribution in [0.3, 0.4) is 0 Å². The molecule has 0 atom stereocenters. The Labute approximate surface area is 121 Å². The maximum absolute atomic E-state index is 12.3. The third-order valence-electron chi connectivity index (χ3n) is 3.54. The number of morpholine rings is 1. The van der Waals surface area contributed by atoms with Crippen molar-refractivity contribution in [2.75, 3.05) is 44.4 Å².